The molecule has 0 aliphatic heterocycles. The lowest BCUT2D eigenvalue weighted by Gasteiger charge is -2.08. The quantitative estimate of drug-likeness (QED) is 0.597. The molecule has 2 amide bonds. The maximum absolute atomic E-state index is 11.9. The molecular weight excluding hydrogens is 342 g/mol. The first-order valence-corrected chi connectivity index (χ1v) is 9.26. The van der Waals surface area contributed by atoms with E-state index in [1.807, 2.05) is 42.5 Å². The lowest BCUT2D eigenvalue weighted by molar-refractivity contribution is -0.121. The van der Waals surface area contributed by atoms with Gasteiger partial charge in [0, 0.05) is 38.7 Å². The zero-order valence-electron chi connectivity index (χ0n) is 15.7. The number of unbranched alkanes of at least 4 members (excludes halogenated alkanes) is 2. The molecule has 0 aliphatic carbocycles. The Bertz CT molecular complexity index is 720. The normalized spacial score (nSPS) is 10.3. The van der Waals surface area contributed by atoms with Crippen molar-refractivity contribution in [3.8, 4) is 5.88 Å². The van der Waals surface area contributed by atoms with E-state index in [4.69, 9.17) is 4.74 Å². The predicted molar refractivity (Wildman–Crippen MR) is 104 cm³/mol. The molecule has 2 N–H and O–H groups in total. The van der Waals surface area contributed by atoms with Gasteiger partial charge in [-0.1, -0.05) is 36.8 Å². The summed E-state index contributed by atoms with van der Waals surface area (Å²) in [5.41, 5.74) is 2.03. The molecule has 6 nitrogen and oxygen atoms in total. The molecular formula is C21H27N3O3. The third-order valence-electron chi connectivity index (χ3n) is 3.97. The Hall–Kier alpha value is -2.89. The molecule has 1 heterocycles. The minimum Gasteiger partial charge on any atom is -0.473 e. The highest BCUT2D eigenvalue weighted by Crippen LogP contribution is 2.12. The van der Waals surface area contributed by atoms with Crippen LogP contribution in [0.2, 0.25) is 0 Å². The van der Waals surface area contributed by atoms with E-state index in [1.54, 1.807) is 6.20 Å². The molecule has 0 fully saturated rings. The van der Waals surface area contributed by atoms with Crippen molar-refractivity contribution in [1.29, 1.82) is 0 Å². The zero-order valence-corrected chi connectivity index (χ0v) is 15.7. The summed E-state index contributed by atoms with van der Waals surface area (Å²) >= 11 is 0. The number of hydrogen-bond donors (Lipinski definition) is 2. The molecule has 1 aromatic heterocycles. The van der Waals surface area contributed by atoms with Gasteiger partial charge < -0.3 is 15.4 Å². The first kappa shape index (κ1) is 20.4. The van der Waals surface area contributed by atoms with Crippen LogP contribution in [0.4, 0.5) is 0 Å². The second-order valence-electron chi connectivity index (χ2n) is 6.35. The van der Waals surface area contributed by atoms with E-state index in [9.17, 15) is 9.59 Å². The van der Waals surface area contributed by atoms with Crippen LogP contribution in [0.5, 0.6) is 5.88 Å². The van der Waals surface area contributed by atoms with Crippen LogP contribution < -0.4 is 15.4 Å². The molecule has 0 atom stereocenters. The molecule has 2 rings (SSSR count). The summed E-state index contributed by atoms with van der Waals surface area (Å²) in [6.07, 6.45) is 4.79. The van der Waals surface area contributed by atoms with Crippen molar-refractivity contribution in [2.45, 2.75) is 45.8 Å². The molecule has 0 bridgehead atoms. The Labute approximate surface area is 160 Å². The fraction of sp³-hybridized carbons (Fsp3) is 0.381. The van der Waals surface area contributed by atoms with Gasteiger partial charge in [0.2, 0.25) is 17.7 Å². The van der Waals surface area contributed by atoms with Gasteiger partial charge in [0.15, 0.2) is 0 Å². The van der Waals surface area contributed by atoms with Crippen molar-refractivity contribution in [3.63, 3.8) is 0 Å². The van der Waals surface area contributed by atoms with Crippen LogP contribution >= 0.6 is 0 Å². The van der Waals surface area contributed by atoms with Crippen molar-refractivity contribution in [3.05, 3.63) is 59.8 Å². The number of rotatable bonds is 11. The third-order valence-corrected chi connectivity index (χ3v) is 3.97. The van der Waals surface area contributed by atoms with Crippen molar-refractivity contribution >= 4 is 11.8 Å². The largest absolute Gasteiger partial charge is 0.473 e. The van der Waals surface area contributed by atoms with Gasteiger partial charge in [-0.05, 0) is 30.0 Å². The SMILES string of the molecule is CC(=O)NCCCCCC(=O)NCc1ccnc(OCc2ccccc2)c1. The fourth-order valence-corrected chi connectivity index (χ4v) is 2.51. The average molecular weight is 369 g/mol. The number of carbonyl (C=O) groups is 2. The minimum absolute atomic E-state index is 0.0165. The lowest BCUT2D eigenvalue weighted by Crippen LogP contribution is -2.23. The van der Waals surface area contributed by atoms with Crippen LogP contribution in [0.3, 0.4) is 0 Å². The van der Waals surface area contributed by atoms with E-state index >= 15 is 0 Å². The third kappa shape index (κ3) is 8.85. The Balaban J connectivity index is 1.65. The highest BCUT2D eigenvalue weighted by Gasteiger charge is 2.04. The summed E-state index contributed by atoms with van der Waals surface area (Å²) in [7, 11) is 0. The molecule has 6 heteroatoms. The summed E-state index contributed by atoms with van der Waals surface area (Å²) in [6.45, 7) is 3.08. The van der Waals surface area contributed by atoms with Gasteiger partial charge >= 0.3 is 0 Å². The smallest absolute Gasteiger partial charge is 0.220 e. The number of nitrogens with zero attached hydrogens (tertiary/aromatic N) is 1. The molecule has 27 heavy (non-hydrogen) atoms. The average Bonchev–Trinajstić information content (AvgIpc) is 2.68. The highest BCUT2D eigenvalue weighted by molar-refractivity contribution is 5.75. The molecule has 0 saturated carbocycles. The van der Waals surface area contributed by atoms with Crippen LogP contribution in [0.15, 0.2) is 48.7 Å². The number of ether oxygens (including phenoxy) is 1. The predicted octanol–water partition coefficient (Wildman–Crippen LogP) is 2.97. The van der Waals surface area contributed by atoms with Gasteiger partial charge in [-0.3, -0.25) is 9.59 Å². The summed E-state index contributed by atoms with van der Waals surface area (Å²) in [4.78, 5) is 26.9. The van der Waals surface area contributed by atoms with E-state index in [0.29, 0.717) is 32.0 Å². The van der Waals surface area contributed by atoms with E-state index in [0.717, 1.165) is 30.4 Å². The second-order valence-corrected chi connectivity index (χ2v) is 6.35. The Morgan fingerprint density at radius 2 is 1.81 bits per heavy atom. The monoisotopic (exact) mass is 369 g/mol. The Kier molecular flexibility index (Phi) is 8.83. The number of carbonyl (C=O) groups excluding carboxylic acids is 2. The Morgan fingerprint density at radius 3 is 2.59 bits per heavy atom. The van der Waals surface area contributed by atoms with Gasteiger partial charge in [-0.25, -0.2) is 4.98 Å². The van der Waals surface area contributed by atoms with Crippen molar-refractivity contribution in [2.24, 2.45) is 0 Å². The molecule has 2 aromatic rings. The summed E-state index contributed by atoms with van der Waals surface area (Å²) in [6, 6.07) is 13.6. The number of aromatic nitrogens is 1. The van der Waals surface area contributed by atoms with Crippen molar-refractivity contribution in [2.75, 3.05) is 6.54 Å². The van der Waals surface area contributed by atoms with Gasteiger partial charge in [0.1, 0.15) is 6.61 Å². The van der Waals surface area contributed by atoms with Crippen molar-refractivity contribution < 1.29 is 14.3 Å². The standard InChI is InChI=1S/C21H27N3O3/c1-17(25)22-12-7-3-6-10-20(26)24-15-19-11-13-23-21(14-19)27-16-18-8-4-2-5-9-18/h2,4-5,8-9,11,13-14H,3,6-7,10,12,15-16H2,1H3,(H,22,25)(H,24,26). The highest BCUT2D eigenvalue weighted by atomic mass is 16.5. The molecule has 0 saturated heterocycles. The van der Waals surface area contributed by atoms with Crippen LogP contribution in [-0.2, 0) is 22.7 Å². The van der Waals surface area contributed by atoms with Crippen LogP contribution in [0.1, 0.15) is 43.7 Å². The van der Waals surface area contributed by atoms with Gasteiger partial charge in [0.05, 0.1) is 0 Å². The Morgan fingerprint density at radius 1 is 1.00 bits per heavy atom. The maximum Gasteiger partial charge on any atom is 0.220 e. The first-order valence-electron chi connectivity index (χ1n) is 9.26. The summed E-state index contributed by atoms with van der Waals surface area (Å²) < 4.78 is 5.71. The number of nitrogens with one attached hydrogen (secondary N) is 2. The summed E-state index contributed by atoms with van der Waals surface area (Å²) in [5, 5.41) is 5.67. The summed E-state index contributed by atoms with van der Waals surface area (Å²) in [5.74, 6) is 0.555. The minimum atomic E-state index is -0.0165. The molecule has 144 valence electrons. The number of hydrogen-bond acceptors (Lipinski definition) is 4. The van der Waals surface area contributed by atoms with E-state index < -0.39 is 0 Å². The van der Waals surface area contributed by atoms with Gasteiger partial charge in [0.25, 0.3) is 0 Å². The zero-order chi connectivity index (χ0) is 19.3. The molecule has 1 aromatic carbocycles. The lowest BCUT2D eigenvalue weighted by atomic mass is 10.2. The van der Waals surface area contributed by atoms with Crippen LogP contribution in [0.25, 0.3) is 0 Å². The number of amides is 2. The fourth-order valence-electron chi connectivity index (χ4n) is 2.51. The van der Waals surface area contributed by atoms with E-state index in [-0.39, 0.29) is 11.8 Å². The second kappa shape index (κ2) is 11.7. The first-order chi connectivity index (χ1) is 13.1. The van der Waals surface area contributed by atoms with Crippen LogP contribution in [0, 0.1) is 0 Å². The molecule has 0 radical (unpaired) electrons. The van der Waals surface area contributed by atoms with E-state index in [1.165, 1.54) is 6.92 Å². The van der Waals surface area contributed by atoms with Crippen molar-refractivity contribution in [1.82, 2.24) is 15.6 Å². The van der Waals surface area contributed by atoms with E-state index in [2.05, 4.69) is 15.6 Å². The van der Waals surface area contributed by atoms with Crippen LogP contribution in [-0.4, -0.2) is 23.3 Å². The van der Waals surface area contributed by atoms with Gasteiger partial charge in [-0.2, -0.15) is 0 Å². The number of pyridine rings is 1. The maximum atomic E-state index is 11.9. The number of benzene rings is 1. The molecule has 0 spiro atoms. The van der Waals surface area contributed by atoms with Gasteiger partial charge in [-0.15, -0.1) is 0 Å². The molecule has 0 unspecified atom stereocenters. The molecule has 0 aliphatic rings. The topological polar surface area (TPSA) is 80.3 Å².